The van der Waals surface area contributed by atoms with Gasteiger partial charge in [0.2, 0.25) is 5.88 Å². The zero-order valence-corrected chi connectivity index (χ0v) is 13.4. The molecule has 3 nitrogen and oxygen atoms in total. The third-order valence-corrected chi connectivity index (χ3v) is 4.79. The molecule has 0 radical (unpaired) electrons. The summed E-state index contributed by atoms with van der Waals surface area (Å²) >= 11 is 6.32. The molecule has 3 unspecified atom stereocenters. The molecule has 1 aromatic heterocycles. The molecule has 0 bridgehead atoms. The molecule has 4 heteroatoms. The minimum absolute atomic E-state index is 0.205. The van der Waals surface area contributed by atoms with Crippen molar-refractivity contribution in [1.82, 2.24) is 4.98 Å². The van der Waals surface area contributed by atoms with Gasteiger partial charge in [0.05, 0.1) is 0 Å². The van der Waals surface area contributed by atoms with E-state index in [-0.39, 0.29) is 6.10 Å². The van der Waals surface area contributed by atoms with Crippen LogP contribution in [0.1, 0.15) is 45.6 Å². The molecule has 1 heterocycles. The van der Waals surface area contributed by atoms with Crippen molar-refractivity contribution in [2.45, 2.75) is 52.7 Å². The van der Waals surface area contributed by atoms with Crippen molar-refractivity contribution in [2.75, 3.05) is 0 Å². The Labute approximate surface area is 126 Å². The van der Waals surface area contributed by atoms with E-state index in [2.05, 4.69) is 25.8 Å². The highest BCUT2D eigenvalue weighted by Crippen LogP contribution is 2.37. The first-order valence-corrected chi connectivity index (χ1v) is 7.90. The number of nitrogens with zero attached hydrogens (tertiary/aromatic N) is 1. The predicted octanol–water partition coefficient (Wildman–Crippen LogP) is 4.03. The summed E-state index contributed by atoms with van der Waals surface area (Å²) in [4.78, 5) is 4.29. The summed E-state index contributed by atoms with van der Waals surface area (Å²) in [5.74, 6) is 2.43. The molecule has 1 fully saturated rings. The maximum absolute atomic E-state index is 6.32. The van der Waals surface area contributed by atoms with Gasteiger partial charge < -0.3 is 10.5 Å². The molecule has 3 atom stereocenters. The molecule has 2 N–H and O–H groups in total. The number of halogens is 1. The maximum Gasteiger partial charge on any atom is 0.233 e. The molecule has 1 aliphatic rings. The van der Waals surface area contributed by atoms with Gasteiger partial charge in [-0.15, -0.1) is 0 Å². The Morgan fingerprint density at radius 2 is 2.20 bits per heavy atom. The summed E-state index contributed by atoms with van der Waals surface area (Å²) < 4.78 is 6.17. The fourth-order valence-corrected chi connectivity index (χ4v) is 3.33. The molecule has 0 saturated heterocycles. The first kappa shape index (κ1) is 15.6. The Balaban J connectivity index is 2.18. The van der Waals surface area contributed by atoms with E-state index in [1.165, 1.54) is 12.8 Å². The summed E-state index contributed by atoms with van der Waals surface area (Å²) in [7, 11) is 0. The summed E-state index contributed by atoms with van der Waals surface area (Å²) in [5.41, 5.74) is 6.57. The van der Waals surface area contributed by atoms with Gasteiger partial charge in [-0.3, -0.25) is 0 Å². The lowest BCUT2D eigenvalue weighted by Gasteiger charge is -2.37. The van der Waals surface area contributed by atoms with Crippen LogP contribution in [-0.4, -0.2) is 11.1 Å². The molecule has 112 valence electrons. The monoisotopic (exact) mass is 296 g/mol. The molecule has 0 aliphatic heterocycles. The van der Waals surface area contributed by atoms with Gasteiger partial charge in [0, 0.05) is 12.7 Å². The van der Waals surface area contributed by atoms with Crippen LogP contribution >= 0.6 is 11.6 Å². The Morgan fingerprint density at radius 1 is 1.45 bits per heavy atom. The van der Waals surface area contributed by atoms with Crippen molar-refractivity contribution in [2.24, 2.45) is 23.5 Å². The molecule has 2 rings (SSSR count). The van der Waals surface area contributed by atoms with Gasteiger partial charge >= 0.3 is 0 Å². The molecule has 1 saturated carbocycles. The SMILES string of the molecule is CC1CCC(C(C)C)C(Oc2nccc(CN)c2Cl)C1. The van der Waals surface area contributed by atoms with Gasteiger partial charge in [-0.2, -0.15) is 0 Å². The number of nitrogens with two attached hydrogens (primary N) is 1. The molecule has 1 aliphatic carbocycles. The zero-order valence-electron chi connectivity index (χ0n) is 12.6. The number of rotatable bonds is 4. The zero-order chi connectivity index (χ0) is 14.7. The van der Waals surface area contributed by atoms with E-state index in [1.807, 2.05) is 6.07 Å². The second-order valence-electron chi connectivity index (χ2n) is 6.28. The van der Waals surface area contributed by atoms with Crippen LogP contribution < -0.4 is 10.5 Å². The normalized spacial score (nSPS) is 26.8. The average molecular weight is 297 g/mol. The summed E-state index contributed by atoms with van der Waals surface area (Å²) in [6.45, 7) is 7.23. The first-order chi connectivity index (χ1) is 9.52. The predicted molar refractivity (Wildman–Crippen MR) is 82.9 cm³/mol. The largest absolute Gasteiger partial charge is 0.473 e. The highest BCUT2D eigenvalue weighted by atomic mass is 35.5. The third kappa shape index (κ3) is 3.44. The van der Waals surface area contributed by atoms with Crippen LogP contribution in [0.4, 0.5) is 0 Å². The topological polar surface area (TPSA) is 48.1 Å². The Kier molecular flexibility index (Phi) is 5.28. The molecule has 0 aromatic carbocycles. The van der Waals surface area contributed by atoms with E-state index in [0.717, 1.165) is 12.0 Å². The lowest BCUT2D eigenvalue weighted by molar-refractivity contribution is 0.0427. The van der Waals surface area contributed by atoms with E-state index in [0.29, 0.717) is 35.2 Å². The van der Waals surface area contributed by atoms with Crippen molar-refractivity contribution in [3.63, 3.8) is 0 Å². The van der Waals surface area contributed by atoms with Gasteiger partial charge in [0.1, 0.15) is 11.1 Å². The van der Waals surface area contributed by atoms with Gasteiger partial charge in [0.15, 0.2) is 0 Å². The van der Waals surface area contributed by atoms with E-state index in [4.69, 9.17) is 22.1 Å². The van der Waals surface area contributed by atoms with Crippen molar-refractivity contribution in [1.29, 1.82) is 0 Å². The quantitative estimate of drug-likeness (QED) is 0.912. The average Bonchev–Trinajstić information content (AvgIpc) is 2.41. The van der Waals surface area contributed by atoms with Crippen LogP contribution in [0.3, 0.4) is 0 Å². The Hall–Kier alpha value is -0.800. The molecule has 0 spiro atoms. The number of hydrogen-bond donors (Lipinski definition) is 1. The van der Waals surface area contributed by atoms with Gasteiger partial charge in [-0.05, 0) is 42.2 Å². The standard InChI is InChI=1S/C16H25ClN2O/c1-10(2)13-5-4-11(3)8-14(13)20-16-15(17)12(9-18)6-7-19-16/h6-7,10-11,13-14H,4-5,8-9,18H2,1-3H3. The van der Waals surface area contributed by atoms with Gasteiger partial charge in [0.25, 0.3) is 0 Å². The highest BCUT2D eigenvalue weighted by Gasteiger charge is 2.33. The Bertz CT molecular complexity index is 450. The fourth-order valence-electron chi connectivity index (χ4n) is 3.10. The van der Waals surface area contributed by atoms with Crippen LogP contribution in [0.25, 0.3) is 0 Å². The van der Waals surface area contributed by atoms with Crippen LogP contribution in [0.15, 0.2) is 12.3 Å². The lowest BCUT2D eigenvalue weighted by atomic mass is 9.75. The molecule has 20 heavy (non-hydrogen) atoms. The number of ether oxygens (including phenoxy) is 1. The second-order valence-corrected chi connectivity index (χ2v) is 6.65. The smallest absolute Gasteiger partial charge is 0.233 e. The van der Waals surface area contributed by atoms with Crippen LogP contribution in [0, 0.1) is 17.8 Å². The van der Waals surface area contributed by atoms with Crippen LogP contribution in [0.5, 0.6) is 5.88 Å². The second kappa shape index (κ2) is 6.77. The minimum Gasteiger partial charge on any atom is -0.473 e. The van der Waals surface area contributed by atoms with Gasteiger partial charge in [-0.1, -0.05) is 38.8 Å². The third-order valence-electron chi connectivity index (χ3n) is 4.38. The lowest BCUT2D eigenvalue weighted by Crippen LogP contribution is -2.36. The minimum atomic E-state index is 0.205. The fraction of sp³-hybridized carbons (Fsp3) is 0.688. The van der Waals surface area contributed by atoms with E-state index >= 15 is 0 Å². The number of aromatic nitrogens is 1. The molecular formula is C16H25ClN2O. The van der Waals surface area contributed by atoms with Gasteiger partial charge in [-0.25, -0.2) is 4.98 Å². The van der Waals surface area contributed by atoms with Crippen LogP contribution in [0.2, 0.25) is 5.02 Å². The number of hydrogen-bond acceptors (Lipinski definition) is 3. The Morgan fingerprint density at radius 3 is 2.85 bits per heavy atom. The molecular weight excluding hydrogens is 272 g/mol. The van der Waals surface area contributed by atoms with Crippen molar-refractivity contribution >= 4 is 11.6 Å². The van der Waals surface area contributed by atoms with Crippen LogP contribution in [-0.2, 0) is 6.54 Å². The molecule has 0 amide bonds. The summed E-state index contributed by atoms with van der Waals surface area (Å²) in [6, 6.07) is 1.85. The van der Waals surface area contributed by atoms with Crippen molar-refractivity contribution in [3.05, 3.63) is 22.8 Å². The molecule has 1 aromatic rings. The summed E-state index contributed by atoms with van der Waals surface area (Å²) in [6.07, 6.45) is 5.51. The van der Waals surface area contributed by atoms with E-state index in [1.54, 1.807) is 6.20 Å². The first-order valence-electron chi connectivity index (χ1n) is 7.53. The van der Waals surface area contributed by atoms with E-state index < -0.39 is 0 Å². The van der Waals surface area contributed by atoms with Crippen molar-refractivity contribution in [3.8, 4) is 5.88 Å². The van der Waals surface area contributed by atoms with Crippen molar-refractivity contribution < 1.29 is 4.74 Å². The van der Waals surface area contributed by atoms with E-state index in [9.17, 15) is 0 Å². The number of pyridine rings is 1. The summed E-state index contributed by atoms with van der Waals surface area (Å²) in [5, 5.41) is 0.565. The highest BCUT2D eigenvalue weighted by molar-refractivity contribution is 6.32. The maximum atomic E-state index is 6.32.